The van der Waals surface area contributed by atoms with Gasteiger partial charge < -0.3 is 19.7 Å². The highest BCUT2D eigenvalue weighted by Crippen LogP contribution is 2.39. The van der Waals surface area contributed by atoms with E-state index in [1.54, 1.807) is 20.3 Å². The number of aromatic nitrogens is 2. The zero-order chi connectivity index (χ0) is 24.4. The first-order valence-electron chi connectivity index (χ1n) is 11.6. The highest BCUT2D eigenvalue weighted by atomic mass is 32.1. The molecule has 2 aromatic carbocycles. The summed E-state index contributed by atoms with van der Waals surface area (Å²) < 4.78 is 26.8. The molecule has 7 nitrogen and oxygen atoms in total. The van der Waals surface area contributed by atoms with E-state index in [1.165, 1.54) is 23.7 Å². The van der Waals surface area contributed by atoms with Crippen LogP contribution in [0.4, 0.5) is 10.2 Å². The predicted octanol–water partition coefficient (Wildman–Crippen LogP) is 4.58. The summed E-state index contributed by atoms with van der Waals surface area (Å²) in [4.78, 5) is 24.0. The zero-order valence-electron chi connectivity index (χ0n) is 19.7. The number of nitrogens with zero attached hydrogens (tertiary/aromatic N) is 3. The Morgan fingerprint density at radius 1 is 1.20 bits per heavy atom. The molecule has 2 aromatic heterocycles. The molecule has 0 saturated carbocycles. The quantitative estimate of drug-likeness (QED) is 0.405. The lowest BCUT2D eigenvalue weighted by Crippen LogP contribution is -2.43. The number of amides is 1. The van der Waals surface area contributed by atoms with Crippen molar-refractivity contribution in [3.8, 4) is 11.5 Å². The number of benzene rings is 2. The van der Waals surface area contributed by atoms with Crippen LogP contribution in [0.3, 0.4) is 0 Å². The van der Waals surface area contributed by atoms with Crippen LogP contribution in [-0.4, -0.2) is 49.7 Å². The number of hydrogen-bond acceptors (Lipinski definition) is 7. The molecule has 1 N–H and O–H groups in total. The Hall–Kier alpha value is -3.46. The van der Waals surface area contributed by atoms with Gasteiger partial charge in [0.1, 0.15) is 18.0 Å². The molecule has 182 valence electrons. The SMILES string of the molecule is COc1ccc(CCNC(=O)C2CCCN(c3ncnc4c3sc3cccc(F)c34)C2)cc1OC. The molecule has 1 amide bonds. The van der Waals surface area contributed by atoms with Crippen molar-refractivity contribution in [2.45, 2.75) is 19.3 Å². The Balaban J connectivity index is 1.26. The summed E-state index contributed by atoms with van der Waals surface area (Å²) in [6.07, 6.45) is 3.90. The third kappa shape index (κ3) is 4.60. The molecule has 4 aromatic rings. The molecule has 1 aliphatic heterocycles. The van der Waals surface area contributed by atoms with Gasteiger partial charge in [-0.2, -0.15) is 0 Å². The van der Waals surface area contributed by atoms with Crippen molar-refractivity contribution in [1.29, 1.82) is 0 Å². The van der Waals surface area contributed by atoms with Crippen molar-refractivity contribution in [2.24, 2.45) is 5.92 Å². The van der Waals surface area contributed by atoms with Crippen LogP contribution >= 0.6 is 11.3 Å². The van der Waals surface area contributed by atoms with E-state index >= 15 is 0 Å². The Labute approximate surface area is 206 Å². The monoisotopic (exact) mass is 494 g/mol. The molecule has 35 heavy (non-hydrogen) atoms. The van der Waals surface area contributed by atoms with Crippen LogP contribution in [-0.2, 0) is 11.2 Å². The average Bonchev–Trinajstić information content (AvgIpc) is 3.28. The number of piperidine rings is 1. The number of fused-ring (bicyclic) bond motifs is 3. The summed E-state index contributed by atoms with van der Waals surface area (Å²) in [5.41, 5.74) is 1.70. The molecule has 0 spiro atoms. The van der Waals surface area contributed by atoms with Gasteiger partial charge in [-0.15, -0.1) is 11.3 Å². The van der Waals surface area contributed by atoms with E-state index in [1.807, 2.05) is 24.3 Å². The molecule has 0 aliphatic carbocycles. The van der Waals surface area contributed by atoms with Crippen molar-refractivity contribution >= 4 is 43.4 Å². The van der Waals surface area contributed by atoms with Gasteiger partial charge in [-0.1, -0.05) is 12.1 Å². The lowest BCUT2D eigenvalue weighted by atomic mass is 9.97. The van der Waals surface area contributed by atoms with Gasteiger partial charge in [0.2, 0.25) is 5.91 Å². The lowest BCUT2D eigenvalue weighted by Gasteiger charge is -2.33. The Morgan fingerprint density at radius 3 is 2.89 bits per heavy atom. The highest BCUT2D eigenvalue weighted by molar-refractivity contribution is 7.26. The summed E-state index contributed by atoms with van der Waals surface area (Å²) in [6, 6.07) is 10.9. The molecule has 3 heterocycles. The normalized spacial score (nSPS) is 16.0. The van der Waals surface area contributed by atoms with Crippen LogP contribution in [0.2, 0.25) is 0 Å². The van der Waals surface area contributed by atoms with Crippen LogP contribution in [0.15, 0.2) is 42.7 Å². The van der Waals surface area contributed by atoms with Gasteiger partial charge in [-0.05, 0) is 49.1 Å². The molecule has 1 atom stereocenters. The van der Waals surface area contributed by atoms with Crippen molar-refractivity contribution in [3.05, 3.63) is 54.1 Å². The van der Waals surface area contributed by atoms with E-state index in [4.69, 9.17) is 9.47 Å². The van der Waals surface area contributed by atoms with E-state index in [-0.39, 0.29) is 17.6 Å². The number of hydrogen-bond donors (Lipinski definition) is 1. The van der Waals surface area contributed by atoms with Gasteiger partial charge in [-0.3, -0.25) is 4.79 Å². The molecule has 0 radical (unpaired) electrons. The zero-order valence-corrected chi connectivity index (χ0v) is 20.5. The fourth-order valence-corrected chi connectivity index (χ4v) is 5.87. The van der Waals surface area contributed by atoms with Gasteiger partial charge in [0, 0.05) is 24.3 Å². The molecule has 5 rings (SSSR count). The Kier molecular flexibility index (Phi) is 6.68. The van der Waals surface area contributed by atoms with E-state index in [0.717, 1.165) is 40.2 Å². The minimum atomic E-state index is -0.274. The number of carbonyl (C=O) groups is 1. The number of methoxy groups -OCH3 is 2. The van der Waals surface area contributed by atoms with Gasteiger partial charge in [-0.25, -0.2) is 14.4 Å². The summed E-state index contributed by atoms with van der Waals surface area (Å²) >= 11 is 1.50. The van der Waals surface area contributed by atoms with Crippen LogP contribution in [0.25, 0.3) is 20.3 Å². The van der Waals surface area contributed by atoms with E-state index in [9.17, 15) is 9.18 Å². The lowest BCUT2D eigenvalue weighted by molar-refractivity contribution is -0.125. The van der Waals surface area contributed by atoms with Gasteiger partial charge in [0.15, 0.2) is 11.5 Å². The van der Waals surface area contributed by atoms with Crippen LogP contribution in [0.1, 0.15) is 18.4 Å². The van der Waals surface area contributed by atoms with Crippen molar-refractivity contribution < 1.29 is 18.7 Å². The summed E-state index contributed by atoms with van der Waals surface area (Å²) in [6.45, 7) is 1.92. The van der Waals surface area contributed by atoms with E-state index in [2.05, 4.69) is 20.2 Å². The Morgan fingerprint density at radius 2 is 2.06 bits per heavy atom. The van der Waals surface area contributed by atoms with Crippen LogP contribution in [0.5, 0.6) is 11.5 Å². The molecule has 1 fully saturated rings. The second-order valence-electron chi connectivity index (χ2n) is 8.61. The molecular formula is C26H27FN4O3S. The smallest absolute Gasteiger partial charge is 0.224 e. The van der Waals surface area contributed by atoms with Crippen molar-refractivity contribution in [1.82, 2.24) is 15.3 Å². The number of nitrogens with one attached hydrogen (secondary N) is 1. The van der Waals surface area contributed by atoms with Gasteiger partial charge in [0.05, 0.1) is 35.7 Å². The first-order valence-corrected chi connectivity index (χ1v) is 12.5. The third-order valence-electron chi connectivity index (χ3n) is 6.46. The largest absolute Gasteiger partial charge is 0.493 e. The maximum absolute atomic E-state index is 14.5. The standard InChI is InChI=1S/C26H27FN4O3S/c1-33-19-9-8-16(13-20(19)34-2)10-11-28-26(32)17-5-4-12-31(14-17)25-24-23(29-15-30-25)22-18(27)6-3-7-21(22)35-24/h3,6-9,13,15,17H,4-5,10-12,14H2,1-2H3,(H,28,32). The van der Waals surface area contributed by atoms with Crippen LogP contribution in [0, 0.1) is 11.7 Å². The number of anilines is 1. The summed E-state index contributed by atoms with van der Waals surface area (Å²) in [7, 11) is 3.22. The van der Waals surface area contributed by atoms with Crippen LogP contribution < -0.4 is 19.7 Å². The predicted molar refractivity (Wildman–Crippen MR) is 136 cm³/mol. The number of halogens is 1. The summed E-state index contributed by atoms with van der Waals surface area (Å²) in [5, 5.41) is 3.63. The number of rotatable bonds is 7. The first-order chi connectivity index (χ1) is 17.1. The van der Waals surface area contributed by atoms with E-state index in [0.29, 0.717) is 41.9 Å². The maximum atomic E-state index is 14.5. The van der Waals surface area contributed by atoms with Crippen molar-refractivity contribution in [2.75, 3.05) is 38.8 Å². The summed E-state index contributed by atoms with van der Waals surface area (Å²) in [5.74, 6) is 1.77. The molecule has 1 unspecified atom stereocenters. The Bertz CT molecular complexity index is 1380. The van der Waals surface area contributed by atoms with E-state index < -0.39 is 0 Å². The molecule has 9 heteroatoms. The average molecular weight is 495 g/mol. The second kappa shape index (κ2) is 10.0. The van der Waals surface area contributed by atoms with Crippen molar-refractivity contribution in [3.63, 3.8) is 0 Å². The molecular weight excluding hydrogens is 467 g/mol. The third-order valence-corrected chi connectivity index (χ3v) is 7.60. The topological polar surface area (TPSA) is 76.6 Å². The number of thiophene rings is 1. The second-order valence-corrected chi connectivity index (χ2v) is 9.66. The number of ether oxygens (including phenoxy) is 2. The molecule has 0 bridgehead atoms. The maximum Gasteiger partial charge on any atom is 0.224 e. The minimum absolute atomic E-state index is 0.0443. The highest BCUT2D eigenvalue weighted by Gasteiger charge is 2.28. The fourth-order valence-electron chi connectivity index (χ4n) is 4.68. The molecule has 1 saturated heterocycles. The first kappa shape index (κ1) is 23.3. The van der Waals surface area contributed by atoms with Gasteiger partial charge >= 0.3 is 0 Å². The number of carbonyl (C=O) groups excluding carboxylic acids is 1. The van der Waals surface area contributed by atoms with Gasteiger partial charge in [0.25, 0.3) is 0 Å². The molecule has 1 aliphatic rings. The minimum Gasteiger partial charge on any atom is -0.493 e. The fraction of sp³-hybridized carbons (Fsp3) is 0.346.